The Morgan fingerprint density at radius 2 is 0.846 bits per heavy atom. The normalized spacial score (nSPS) is 7.38. The van der Waals surface area contributed by atoms with E-state index in [4.69, 9.17) is 43.1 Å². The van der Waals surface area contributed by atoms with Gasteiger partial charge in [0, 0.05) is 4.57 Å². The molecular formula is H3AlO9P3+3. The van der Waals surface area contributed by atoms with Gasteiger partial charge in [-0.25, -0.2) is 0 Å². The molecule has 13 heavy (non-hydrogen) atoms. The second-order valence-corrected chi connectivity index (χ2v) is 2.14. The third-order valence-electron chi connectivity index (χ3n) is 0. The van der Waals surface area contributed by atoms with Crippen molar-refractivity contribution in [2.75, 3.05) is 0 Å². The van der Waals surface area contributed by atoms with Crippen LogP contribution in [0.4, 0.5) is 0 Å². The number of rotatable bonds is 0. The molecule has 0 aliphatic rings. The minimum Gasteiger partial charge on any atom is -0.598 e. The molecule has 0 amide bonds. The Morgan fingerprint density at radius 3 is 0.846 bits per heavy atom. The molecule has 0 radical (unpaired) electrons. The van der Waals surface area contributed by atoms with E-state index in [1.165, 1.54) is 0 Å². The van der Waals surface area contributed by atoms with Crippen LogP contribution < -0.4 is 14.7 Å². The smallest absolute Gasteiger partial charge is 0.598 e. The van der Waals surface area contributed by atoms with Gasteiger partial charge < -0.3 is 14.7 Å². The van der Waals surface area contributed by atoms with E-state index in [9.17, 15) is 0 Å². The van der Waals surface area contributed by atoms with Crippen molar-refractivity contribution in [3.63, 3.8) is 0 Å². The van der Waals surface area contributed by atoms with E-state index in [0.717, 1.165) is 0 Å². The summed E-state index contributed by atoms with van der Waals surface area (Å²) < 4.78 is 25.8. The topological polar surface area (TPSA) is 181 Å². The van der Waals surface area contributed by atoms with Crippen LogP contribution in [0.25, 0.3) is 0 Å². The van der Waals surface area contributed by atoms with Crippen molar-refractivity contribution >= 4 is 42.1 Å². The Bertz CT molecular complexity index is 112. The van der Waals surface area contributed by atoms with Crippen LogP contribution in [-0.2, 0) is 13.7 Å². The molecule has 9 nitrogen and oxygen atoms in total. The molecule has 1 unspecified atom stereocenters. The molecule has 3 N–H and O–H groups in total. The predicted molar refractivity (Wildman–Crippen MR) is 35.2 cm³/mol. The molecule has 0 aliphatic heterocycles. The van der Waals surface area contributed by atoms with Gasteiger partial charge in [-0.05, 0) is 4.57 Å². The minimum atomic E-state index is -3.37. The fourth-order valence-electron chi connectivity index (χ4n) is 0. The molecule has 0 aromatic carbocycles. The summed E-state index contributed by atoms with van der Waals surface area (Å²) in [6.07, 6.45) is 0. The second-order valence-electron chi connectivity index (χ2n) is 0.714. The Labute approximate surface area is 85.7 Å². The third kappa shape index (κ3) is 4030. The molecule has 13 heteroatoms. The monoisotopic (exact) mass is 267 g/mol. The fraction of sp³-hybridized carbons (Fsp3) is 0. The quantitative estimate of drug-likeness (QED) is 0.297. The Hall–Kier alpha value is 0.592. The first-order valence-electron chi connectivity index (χ1n) is 1.70. The molecule has 0 spiro atoms. The van der Waals surface area contributed by atoms with Crippen molar-refractivity contribution in [1.82, 2.24) is 0 Å². The summed E-state index contributed by atoms with van der Waals surface area (Å²) in [4.78, 5) is 46.8. The summed E-state index contributed by atoms with van der Waals surface area (Å²) in [7, 11) is -9.36. The zero-order chi connectivity index (χ0) is 10.7. The molecule has 0 aromatic heterocycles. The third-order valence-corrected chi connectivity index (χ3v) is 0. The fourth-order valence-corrected chi connectivity index (χ4v) is 0. The predicted octanol–water partition coefficient (Wildman–Crippen LogP) is -3.39. The molecule has 0 bridgehead atoms. The first kappa shape index (κ1) is 23.4. The van der Waals surface area contributed by atoms with Gasteiger partial charge in [0.25, 0.3) is 8.25 Å². The molecular weight excluding hydrogens is 264 g/mol. The Morgan fingerprint density at radius 1 is 0.846 bits per heavy atom. The molecule has 0 aliphatic carbocycles. The molecule has 0 fully saturated rings. The first-order chi connectivity index (χ1) is 5.20. The van der Waals surface area contributed by atoms with Crippen LogP contribution in [0.5, 0.6) is 0 Å². The van der Waals surface area contributed by atoms with Crippen LogP contribution in [0.15, 0.2) is 0 Å². The van der Waals surface area contributed by atoms with Gasteiger partial charge in [-0.2, -0.15) is 4.89 Å². The van der Waals surface area contributed by atoms with Gasteiger partial charge in [-0.3, -0.25) is 0 Å². The summed E-state index contributed by atoms with van der Waals surface area (Å²) in [5, 5.41) is 0. The maximum Gasteiger partial charge on any atom is 3.00 e. The van der Waals surface area contributed by atoms with E-state index >= 15 is 0 Å². The van der Waals surface area contributed by atoms with Gasteiger partial charge in [-0.15, -0.1) is 9.79 Å². The average Bonchev–Trinajstić information content (AvgIpc) is 1.54. The Balaban J connectivity index is -0.0000000450. The van der Waals surface area contributed by atoms with Crippen LogP contribution in [0.1, 0.15) is 0 Å². The summed E-state index contributed by atoms with van der Waals surface area (Å²) in [6.45, 7) is 0. The summed E-state index contributed by atoms with van der Waals surface area (Å²) in [5.41, 5.74) is 0. The van der Waals surface area contributed by atoms with Crippen LogP contribution in [-0.4, -0.2) is 32.0 Å². The molecule has 72 valence electrons. The summed E-state index contributed by atoms with van der Waals surface area (Å²) in [5.74, 6) is 0. The SMILES string of the molecule is O=[P+](O)O.O=[P+]([O-])O.O=[P+]([O-])[O-].[Al+3]. The van der Waals surface area contributed by atoms with Crippen LogP contribution in [0.3, 0.4) is 0 Å². The molecule has 0 aromatic rings. The van der Waals surface area contributed by atoms with Gasteiger partial charge in [0.2, 0.25) is 0 Å². The van der Waals surface area contributed by atoms with E-state index in [2.05, 4.69) is 0 Å². The number of hydrogen-bond donors (Lipinski definition) is 3. The van der Waals surface area contributed by atoms with Crippen LogP contribution in [0.2, 0.25) is 0 Å². The van der Waals surface area contributed by atoms with Crippen molar-refractivity contribution in [3.8, 4) is 0 Å². The van der Waals surface area contributed by atoms with E-state index in [0.29, 0.717) is 0 Å². The first-order valence-corrected chi connectivity index (χ1v) is 5.09. The van der Waals surface area contributed by atoms with Gasteiger partial charge >= 0.3 is 33.9 Å². The van der Waals surface area contributed by atoms with Crippen molar-refractivity contribution in [1.29, 1.82) is 0 Å². The maximum atomic E-state index is 8.70. The van der Waals surface area contributed by atoms with Crippen molar-refractivity contribution < 1.29 is 43.1 Å². The van der Waals surface area contributed by atoms with Crippen molar-refractivity contribution in [3.05, 3.63) is 0 Å². The number of hydrogen-bond acceptors (Lipinski definition) is 6. The van der Waals surface area contributed by atoms with Crippen molar-refractivity contribution in [2.24, 2.45) is 0 Å². The van der Waals surface area contributed by atoms with Crippen LogP contribution in [0, 0.1) is 0 Å². The molecule has 1 atom stereocenters. The second kappa shape index (κ2) is 18.4. The zero-order valence-electron chi connectivity index (χ0n) is 5.71. The van der Waals surface area contributed by atoms with Gasteiger partial charge in [0.05, 0.1) is 0 Å². The van der Waals surface area contributed by atoms with E-state index < -0.39 is 24.8 Å². The van der Waals surface area contributed by atoms with Gasteiger partial charge in [0.1, 0.15) is 0 Å². The van der Waals surface area contributed by atoms with Crippen LogP contribution >= 0.6 is 24.8 Å². The maximum absolute atomic E-state index is 8.70. The van der Waals surface area contributed by atoms with Crippen molar-refractivity contribution in [2.45, 2.75) is 0 Å². The summed E-state index contributed by atoms with van der Waals surface area (Å²) >= 11 is 0. The molecule has 0 rings (SSSR count). The molecule has 0 heterocycles. The molecule has 0 saturated heterocycles. The van der Waals surface area contributed by atoms with Gasteiger partial charge in [-0.1, -0.05) is 4.57 Å². The largest absolute Gasteiger partial charge is 3.00 e. The molecule has 0 saturated carbocycles. The average molecular weight is 267 g/mol. The van der Waals surface area contributed by atoms with Gasteiger partial charge in [0.15, 0.2) is 0 Å². The summed E-state index contributed by atoms with van der Waals surface area (Å²) in [6, 6.07) is 0. The standard InChI is InChI=1S/Al.3HO3P/c;3*1-4(2)3/h;(H-,1,2,3);2*(H,1,2,3)/q+3;;;. The minimum absolute atomic E-state index is 0. The van der Waals surface area contributed by atoms with E-state index in [1.54, 1.807) is 0 Å². The Kier molecular flexibility index (Phi) is 33.1. The zero-order valence-corrected chi connectivity index (χ0v) is 9.55. The van der Waals surface area contributed by atoms with E-state index in [1.807, 2.05) is 0 Å². The van der Waals surface area contributed by atoms with E-state index in [-0.39, 0.29) is 17.4 Å².